The van der Waals surface area contributed by atoms with E-state index in [1.54, 1.807) is 0 Å². The van der Waals surface area contributed by atoms with Crippen molar-refractivity contribution in [3.63, 3.8) is 0 Å². The van der Waals surface area contributed by atoms with Crippen molar-refractivity contribution >= 4 is 17.6 Å². The summed E-state index contributed by atoms with van der Waals surface area (Å²) in [5, 5.41) is 14.5. The van der Waals surface area contributed by atoms with E-state index in [1.807, 2.05) is 12.1 Å². The van der Waals surface area contributed by atoms with Gasteiger partial charge in [-0.25, -0.2) is 0 Å². The Morgan fingerprint density at radius 3 is 3.00 bits per heavy atom. The molecule has 1 aromatic carbocycles. The van der Waals surface area contributed by atoms with Crippen molar-refractivity contribution in [2.24, 2.45) is 0 Å². The predicted octanol–water partition coefficient (Wildman–Crippen LogP) is 1.74. The van der Waals surface area contributed by atoms with Gasteiger partial charge in [-0.1, -0.05) is 19.1 Å². The van der Waals surface area contributed by atoms with Gasteiger partial charge in [-0.3, -0.25) is 9.59 Å². The van der Waals surface area contributed by atoms with Crippen LogP contribution in [0, 0.1) is 0 Å². The van der Waals surface area contributed by atoms with Gasteiger partial charge in [-0.2, -0.15) is 0 Å². The maximum atomic E-state index is 11.7. The van der Waals surface area contributed by atoms with Crippen LogP contribution in [0.1, 0.15) is 36.8 Å². The Kier molecular flexibility index (Phi) is 4.61. The van der Waals surface area contributed by atoms with Crippen molar-refractivity contribution in [1.82, 2.24) is 5.32 Å². The molecule has 2 rings (SSSR count). The number of hydrogen-bond donors (Lipinski definition) is 3. The zero-order valence-corrected chi connectivity index (χ0v) is 11.6. The molecule has 1 aliphatic heterocycles. The van der Waals surface area contributed by atoms with E-state index in [-0.39, 0.29) is 18.9 Å². The number of aliphatic carboxylic acids is 1. The van der Waals surface area contributed by atoms with Crippen LogP contribution in [0.3, 0.4) is 0 Å². The van der Waals surface area contributed by atoms with Gasteiger partial charge >= 0.3 is 5.97 Å². The molecule has 1 atom stereocenters. The number of carboxylic acids is 1. The molecule has 0 saturated carbocycles. The highest BCUT2D eigenvalue weighted by Gasteiger charge is 2.16. The first-order valence-corrected chi connectivity index (χ1v) is 6.91. The summed E-state index contributed by atoms with van der Waals surface area (Å²) in [5.41, 5.74) is 3.37. The lowest BCUT2D eigenvalue weighted by Gasteiger charge is -2.24. The van der Waals surface area contributed by atoms with E-state index < -0.39 is 5.97 Å². The molecule has 108 valence electrons. The van der Waals surface area contributed by atoms with Crippen molar-refractivity contribution in [3.8, 4) is 0 Å². The number of hydrogen-bond acceptors (Lipinski definition) is 3. The van der Waals surface area contributed by atoms with Crippen LogP contribution in [0.2, 0.25) is 0 Å². The highest BCUT2D eigenvalue weighted by molar-refractivity contribution is 5.79. The molecule has 20 heavy (non-hydrogen) atoms. The average Bonchev–Trinajstić information content (AvgIpc) is 2.39. The van der Waals surface area contributed by atoms with Crippen molar-refractivity contribution in [3.05, 3.63) is 29.3 Å². The number of carbonyl (C=O) groups is 2. The minimum absolute atomic E-state index is 0.0448. The maximum Gasteiger partial charge on any atom is 0.305 e. The van der Waals surface area contributed by atoms with E-state index in [4.69, 9.17) is 5.11 Å². The van der Waals surface area contributed by atoms with Crippen molar-refractivity contribution in [1.29, 1.82) is 0 Å². The minimum atomic E-state index is -0.904. The molecule has 5 nitrogen and oxygen atoms in total. The van der Waals surface area contributed by atoms with Gasteiger partial charge < -0.3 is 15.7 Å². The second kappa shape index (κ2) is 6.41. The van der Waals surface area contributed by atoms with Crippen molar-refractivity contribution < 1.29 is 14.7 Å². The first-order valence-electron chi connectivity index (χ1n) is 6.91. The van der Waals surface area contributed by atoms with Crippen molar-refractivity contribution in [2.75, 3.05) is 18.4 Å². The molecular formula is C15H20N2O3. The molecule has 1 unspecified atom stereocenters. The Hall–Kier alpha value is -2.04. The van der Waals surface area contributed by atoms with E-state index in [9.17, 15) is 9.59 Å². The quantitative estimate of drug-likeness (QED) is 0.765. The fraction of sp³-hybridized carbons (Fsp3) is 0.467. The number of amides is 1. The lowest BCUT2D eigenvalue weighted by atomic mass is 9.91. The first-order chi connectivity index (χ1) is 9.56. The third-order valence-electron chi connectivity index (χ3n) is 3.57. The van der Waals surface area contributed by atoms with Gasteiger partial charge in [0.2, 0.25) is 5.91 Å². The van der Waals surface area contributed by atoms with Crippen LogP contribution in [-0.4, -0.2) is 30.1 Å². The van der Waals surface area contributed by atoms with E-state index in [0.29, 0.717) is 12.3 Å². The fourth-order valence-corrected chi connectivity index (χ4v) is 2.43. The molecule has 0 spiro atoms. The number of carboxylic acid groups (broad SMARTS) is 1. The van der Waals surface area contributed by atoms with Gasteiger partial charge in [0.25, 0.3) is 0 Å². The van der Waals surface area contributed by atoms with Crippen LogP contribution in [0.25, 0.3) is 0 Å². The summed E-state index contributed by atoms with van der Waals surface area (Å²) in [7, 11) is 0. The molecule has 0 saturated heterocycles. The molecule has 5 heteroatoms. The Labute approximate surface area is 118 Å². The topological polar surface area (TPSA) is 78.4 Å². The molecule has 0 aliphatic carbocycles. The standard InChI is InChI=1S/C15H20N2O3/c1-10-4-6-16-13-3-2-11(8-12(10)13)9-14(18)17-7-5-15(19)20/h2-3,8,10,16H,4-7,9H2,1H3,(H,17,18)(H,19,20). The summed E-state index contributed by atoms with van der Waals surface area (Å²) in [6.07, 6.45) is 1.35. The minimum Gasteiger partial charge on any atom is -0.481 e. The molecule has 1 aliphatic rings. The zero-order valence-electron chi connectivity index (χ0n) is 11.6. The van der Waals surface area contributed by atoms with Gasteiger partial charge in [0.15, 0.2) is 0 Å². The van der Waals surface area contributed by atoms with Gasteiger partial charge in [0.1, 0.15) is 0 Å². The molecule has 0 radical (unpaired) electrons. The molecule has 1 aromatic rings. The van der Waals surface area contributed by atoms with Gasteiger partial charge in [0, 0.05) is 18.8 Å². The molecule has 0 aromatic heterocycles. The molecule has 1 amide bonds. The highest BCUT2D eigenvalue weighted by Crippen LogP contribution is 2.31. The summed E-state index contributed by atoms with van der Waals surface area (Å²) in [5.74, 6) is -0.539. The van der Waals surface area contributed by atoms with Crippen LogP contribution in [-0.2, 0) is 16.0 Å². The predicted molar refractivity (Wildman–Crippen MR) is 76.9 cm³/mol. The van der Waals surface area contributed by atoms with Crippen LogP contribution in [0.4, 0.5) is 5.69 Å². The van der Waals surface area contributed by atoms with Crippen molar-refractivity contribution in [2.45, 2.75) is 32.1 Å². The molecule has 3 N–H and O–H groups in total. The van der Waals surface area contributed by atoms with Gasteiger partial charge in [-0.05, 0) is 29.5 Å². The second-order valence-electron chi connectivity index (χ2n) is 5.21. The van der Waals surface area contributed by atoms with Crippen LogP contribution < -0.4 is 10.6 Å². The van der Waals surface area contributed by atoms with E-state index in [0.717, 1.165) is 24.2 Å². The van der Waals surface area contributed by atoms with Crippen LogP contribution >= 0.6 is 0 Å². The lowest BCUT2D eigenvalue weighted by Crippen LogP contribution is -2.27. The highest BCUT2D eigenvalue weighted by atomic mass is 16.4. The Bertz CT molecular complexity index is 514. The fourth-order valence-electron chi connectivity index (χ4n) is 2.43. The van der Waals surface area contributed by atoms with Crippen LogP contribution in [0.15, 0.2) is 18.2 Å². The normalized spacial score (nSPS) is 16.9. The third kappa shape index (κ3) is 3.73. The Morgan fingerprint density at radius 1 is 1.45 bits per heavy atom. The smallest absolute Gasteiger partial charge is 0.305 e. The lowest BCUT2D eigenvalue weighted by molar-refractivity contribution is -0.136. The third-order valence-corrected chi connectivity index (χ3v) is 3.57. The summed E-state index contributed by atoms with van der Waals surface area (Å²) >= 11 is 0. The second-order valence-corrected chi connectivity index (χ2v) is 5.21. The van der Waals surface area contributed by atoms with Crippen LogP contribution in [0.5, 0.6) is 0 Å². The number of benzene rings is 1. The number of rotatable bonds is 5. The number of anilines is 1. The zero-order chi connectivity index (χ0) is 14.5. The number of fused-ring (bicyclic) bond motifs is 1. The number of carbonyl (C=O) groups excluding carboxylic acids is 1. The number of nitrogens with one attached hydrogen (secondary N) is 2. The van der Waals surface area contributed by atoms with Gasteiger partial charge in [-0.15, -0.1) is 0 Å². The van der Waals surface area contributed by atoms with E-state index in [1.165, 1.54) is 5.56 Å². The van der Waals surface area contributed by atoms with Gasteiger partial charge in [0.05, 0.1) is 12.8 Å². The average molecular weight is 276 g/mol. The molecule has 0 bridgehead atoms. The SMILES string of the molecule is CC1CCNc2ccc(CC(=O)NCCC(=O)O)cc21. The van der Waals surface area contributed by atoms with E-state index >= 15 is 0 Å². The Morgan fingerprint density at radius 2 is 2.25 bits per heavy atom. The molecular weight excluding hydrogens is 256 g/mol. The van der Waals surface area contributed by atoms with E-state index in [2.05, 4.69) is 23.6 Å². The summed E-state index contributed by atoms with van der Waals surface area (Å²) < 4.78 is 0. The summed E-state index contributed by atoms with van der Waals surface area (Å²) in [6.45, 7) is 3.36. The molecule has 1 heterocycles. The largest absolute Gasteiger partial charge is 0.481 e. The summed E-state index contributed by atoms with van der Waals surface area (Å²) in [6, 6.07) is 6.04. The monoisotopic (exact) mass is 276 g/mol. The summed E-state index contributed by atoms with van der Waals surface area (Å²) in [4.78, 5) is 22.1. The first kappa shape index (κ1) is 14.4. The molecule has 0 fully saturated rings. The maximum absolute atomic E-state index is 11.7. The Balaban J connectivity index is 1.94.